The maximum absolute atomic E-state index is 13.8. The number of halogens is 1. The average Bonchev–Trinajstić information content (AvgIpc) is 2.93. The lowest BCUT2D eigenvalue weighted by Gasteiger charge is -2.32. The molecule has 1 atom stereocenters. The summed E-state index contributed by atoms with van der Waals surface area (Å²) < 4.78 is 15.6. The first kappa shape index (κ1) is 13.7. The largest absolute Gasteiger partial charge is 0.338 e. The first-order valence-corrected chi connectivity index (χ1v) is 7.04. The predicted molar refractivity (Wildman–Crippen MR) is 75.3 cm³/mol. The molecule has 21 heavy (non-hydrogen) atoms. The van der Waals surface area contributed by atoms with Gasteiger partial charge in [-0.1, -0.05) is 12.1 Å². The van der Waals surface area contributed by atoms with Crippen LogP contribution in [-0.2, 0) is 7.05 Å². The Morgan fingerprint density at radius 2 is 2.19 bits per heavy atom. The minimum atomic E-state index is -0.469. The molecule has 1 saturated heterocycles. The Bertz CT molecular complexity index is 655. The van der Waals surface area contributed by atoms with E-state index in [0.29, 0.717) is 13.1 Å². The molecule has 3 rings (SSSR count). The number of amides is 1. The minimum absolute atomic E-state index is 0.135. The molecule has 0 saturated carbocycles. The second-order valence-electron chi connectivity index (χ2n) is 5.37. The van der Waals surface area contributed by atoms with Crippen molar-refractivity contribution in [2.75, 3.05) is 13.1 Å². The Hall–Kier alpha value is -2.24. The first-order valence-electron chi connectivity index (χ1n) is 7.04. The van der Waals surface area contributed by atoms with Gasteiger partial charge in [-0.05, 0) is 25.0 Å². The Kier molecular flexibility index (Phi) is 3.68. The number of likely N-dealkylation sites (tertiary alicyclic amines) is 1. The van der Waals surface area contributed by atoms with E-state index in [1.165, 1.54) is 12.1 Å². The highest BCUT2D eigenvalue weighted by Crippen LogP contribution is 2.26. The second-order valence-corrected chi connectivity index (χ2v) is 5.37. The van der Waals surface area contributed by atoms with Crippen LogP contribution in [0.3, 0.4) is 0 Å². The molecule has 6 heteroatoms. The van der Waals surface area contributed by atoms with E-state index in [1.54, 1.807) is 23.4 Å². The molecule has 1 fully saturated rings. The summed E-state index contributed by atoms with van der Waals surface area (Å²) in [6.45, 7) is 1.21. The number of benzene rings is 1. The van der Waals surface area contributed by atoms with Crippen molar-refractivity contribution >= 4 is 5.91 Å². The average molecular weight is 288 g/mol. The zero-order valence-electron chi connectivity index (χ0n) is 11.9. The summed E-state index contributed by atoms with van der Waals surface area (Å²) >= 11 is 0. The van der Waals surface area contributed by atoms with Gasteiger partial charge >= 0.3 is 0 Å². The van der Waals surface area contributed by atoms with Gasteiger partial charge in [-0.25, -0.2) is 4.39 Å². The van der Waals surface area contributed by atoms with Gasteiger partial charge in [0, 0.05) is 26.1 Å². The monoisotopic (exact) mass is 288 g/mol. The molecule has 1 amide bonds. The fraction of sp³-hybridized carbons (Fsp3) is 0.400. The lowest BCUT2D eigenvalue weighted by molar-refractivity contribution is 0.0698. The van der Waals surface area contributed by atoms with E-state index in [1.807, 2.05) is 11.6 Å². The van der Waals surface area contributed by atoms with E-state index < -0.39 is 5.82 Å². The summed E-state index contributed by atoms with van der Waals surface area (Å²) in [5.41, 5.74) is 0.135. The summed E-state index contributed by atoms with van der Waals surface area (Å²) in [5.74, 6) is 0.311. The highest BCUT2D eigenvalue weighted by Gasteiger charge is 2.28. The molecule has 1 aromatic heterocycles. The molecular weight excluding hydrogens is 271 g/mol. The Balaban J connectivity index is 1.79. The summed E-state index contributed by atoms with van der Waals surface area (Å²) in [4.78, 5) is 14.2. The van der Waals surface area contributed by atoms with Crippen LogP contribution in [0.5, 0.6) is 0 Å². The van der Waals surface area contributed by atoms with E-state index in [2.05, 4.69) is 10.2 Å². The maximum atomic E-state index is 13.8. The summed E-state index contributed by atoms with van der Waals surface area (Å²) in [6, 6.07) is 6.12. The van der Waals surface area contributed by atoms with Crippen molar-refractivity contribution in [1.29, 1.82) is 0 Å². The number of hydrogen-bond donors (Lipinski definition) is 0. The second kappa shape index (κ2) is 5.63. The summed E-state index contributed by atoms with van der Waals surface area (Å²) in [6.07, 6.45) is 3.51. The zero-order chi connectivity index (χ0) is 14.8. The first-order chi connectivity index (χ1) is 10.2. The number of piperidine rings is 1. The Labute approximate surface area is 122 Å². The number of carbonyl (C=O) groups is 1. The van der Waals surface area contributed by atoms with Crippen LogP contribution in [0.1, 0.15) is 34.9 Å². The highest BCUT2D eigenvalue weighted by atomic mass is 19.1. The molecule has 0 radical (unpaired) electrons. The molecule has 1 aliphatic heterocycles. The fourth-order valence-corrected chi connectivity index (χ4v) is 2.84. The molecule has 2 heterocycles. The van der Waals surface area contributed by atoms with Gasteiger partial charge in [0.05, 0.1) is 5.56 Å². The molecule has 0 unspecified atom stereocenters. The standard InChI is InChI=1S/C15H17FN4O/c1-19-10-17-18-14(19)11-5-4-8-20(9-11)15(21)12-6-2-3-7-13(12)16/h2-3,6-7,10-11H,4-5,8-9H2,1H3/t11-/m0/s1. The smallest absolute Gasteiger partial charge is 0.256 e. The van der Waals surface area contributed by atoms with E-state index in [4.69, 9.17) is 0 Å². The van der Waals surface area contributed by atoms with Crippen molar-refractivity contribution in [2.24, 2.45) is 7.05 Å². The van der Waals surface area contributed by atoms with Crippen molar-refractivity contribution in [3.8, 4) is 0 Å². The molecule has 0 spiro atoms. The Morgan fingerprint density at radius 3 is 2.90 bits per heavy atom. The number of aromatic nitrogens is 3. The lowest BCUT2D eigenvalue weighted by atomic mass is 9.96. The van der Waals surface area contributed by atoms with Gasteiger partial charge < -0.3 is 9.47 Å². The van der Waals surface area contributed by atoms with Crippen molar-refractivity contribution in [2.45, 2.75) is 18.8 Å². The van der Waals surface area contributed by atoms with Crippen molar-refractivity contribution < 1.29 is 9.18 Å². The molecule has 1 aromatic carbocycles. The Morgan fingerprint density at radius 1 is 1.38 bits per heavy atom. The molecule has 2 aromatic rings. The summed E-state index contributed by atoms with van der Waals surface area (Å²) in [7, 11) is 1.90. The van der Waals surface area contributed by atoms with Crippen LogP contribution in [0.25, 0.3) is 0 Å². The predicted octanol–water partition coefficient (Wildman–Crippen LogP) is 1.97. The van der Waals surface area contributed by atoms with Crippen LogP contribution >= 0.6 is 0 Å². The van der Waals surface area contributed by atoms with Crippen molar-refractivity contribution in [3.63, 3.8) is 0 Å². The number of nitrogens with zero attached hydrogens (tertiary/aromatic N) is 4. The van der Waals surface area contributed by atoms with E-state index in [0.717, 1.165) is 18.7 Å². The van der Waals surface area contributed by atoms with Crippen molar-refractivity contribution in [3.05, 3.63) is 47.8 Å². The van der Waals surface area contributed by atoms with Crippen LogP contribution in [0.2, 0.25) is 0 Å². The van der Waals surface area contributed by atoms with Crippen LogP contribution in [0, 0.1) is 5.82 Å². The number of hydrogen-bond acceptors (Lipinski definition) is 3. The molecular formula is C15H17FN4O. The topological polar surface area (TPSA) is 51.0 Å². The van der Waals surface area contributed by atoms with Gasteiger partial charge in [0.25, 0.3) is 5.91 Å². The quantitative estimate of drug-likeness (QED) is 0.849. The van der Waals surface area contributed by atoms with Crippen molar-refractivity contribution in [1.82, 2.24) is 19.7 Å². The minimum Gasteiger partial charge on any atom is -0.338 e. The van der Waals surface area contributed by atoms with E-state index in [-0.39, 0.29) is 17.4 Å². The van der Waals surface area contributed by atoms with Gasteiger partial charge in [0.1, 0.15) is 18.0 Å². The maximum Gasteiger partial charge on any atom is 0.256 e. The normalized spacial score (nSPS) is 18.8. The van der Waals surface area contributed by atoms with E-state index >= 15 is 0 Å². The van der Waals surface area contributed by atoms with Gasteiger partial charge in [-0.3, -0.25) is 4.79 Å². The van der Waals surface area contributed by atoms with Gasteiger partial charge in [0.2, 0.25) is 0 Å². The van der Waals surface area contributed by atoms with Crippen LogP contribution in [0.15, 0.2) is 30.6 Å². The third-order valence-electron chi connectivity index (χ3n) is 3.92. The molecule has 0 N–H and O–H groups in total. The number of carbonyl (C=O) groups excluding carboxylic acids is 1. The molecule has 0 aliphatic carbocycles. The highest BCUT2D eigenvalue weighted by molar-refractivity contribution is 5.94. The molecule has 110 valence electrons. The lowest BCUT2D eigenvalue weighted by Crippen LogP contribution is -2.40. The van der Waals surface area contributed by atoms with E-state index in [9.17, 15) is 9.18 Å². The number of aryl methyl sites for hydroxylation is 1. The third kappa shape index (κ3) is 2.66. The fourth-order valence-electron chi connectivity index (χ4n) is 2.84. The third-order valence-corrected chi connectivity index (χ3v) is 3.92. The van der Waals surface area contributed by atoms with Crippen LogP contribution in [-0.4, -0.2) is 38.7 Å². The SMILES string of the molecule is Cn1cnnc1[C@H]1CCCN(C(=O)c2ccccc2F)C1. The molecule has 1 aliphatic rings. The van der Waals surface area contributed by atoms with Gasteiger partial charge in [-0.2, -0.15) is 0 Å². The molecule has 5 nitrogen and oxygen atoms in total. The molecule has 0 bridgehead atoms. The number of rotatable bonds is 2. The van der Waals surface area contributed by atoms with Crippen LogP contribution in [0.4, 0.5) is 4.39 Å². The summed E-state index contributed by atoms with van der Waals surface area (Å²) in [5, 5.41) is 8.01. The van der Waals surface area contributed by atoms with Crippen LogP contribution < -0.4 is 0 Å². The van der Waals surface area contributed by atoms with Gasteiger partial charge in [0.15, 0.2) is 0 Å². The van der Waals surface area contributed by atoms with Gasteiger partial charge in [-0.15, -0.1) is 10.2 Å². The zero-order valence-corrected chi connectivity index (χ0v) is 11.9.